The lowest BCUT2D eigenvalue weighted by Gasteiger charge is -2.03. The largest absolute Gasteiger partial charge is 1.00 e. The van der Waals surface area contributed by atoms with Crippen LogP contribution in [0, 0.1) is 0 Å². The molecule has 1 aliphatic rings. The normalized spacial score (nSPS) is 20.4. The maximum atomic E-state index is 4.65. The first-order chi connectivity index (χ1) is 6.93. The zero-order valence-corrected chi connectivity index (χ0v) is 9.81. The molecule has 1 saturated heterocycles. The van der Waals surface area contributed by atoms with Crippen LogP contribution in [0.4, 0.5) is 0 Å². The third-order valence-corrected chi connectivity index (χ3v) is 3.82. The third-order valence-electron chi connectivity index (χ3n) is 2.67. The number of benzene rings is 1. The highest BCUT2D eigenvalue weighted by molar-refractivity contribution is 7.18. The molecule has 15 heavy (non-hydrogen) atoms. The Morgan fingerprint density at radius 1 is 1.33 bits per heavy atom. The van der Waals surface area contributed by atoms with Gasteiger partial charge in [0.15, 0.2) is 0 Å². The molecule has 2 aromatic rings. The summed E-state index contributed by atoms with van der Waals surface area (Å²) in [5.41, 5.74) is 1.14. The van der Waals surface area contributed by atoms with Gasteiger partial charge in [-0.15, -0.1) is 11.3 Å². The number of hydrogen-bond donors (Lipinski definition) is 1. The molecule has 1 aromatic carbocycles. The Balaban J connectivity index is 0.000000853. The number of para-hydroxylation sites is 1. The second kappa shape index (κ2) is 4.47. The molecule has 1 fully saturated rings. The molecule has 0 amide bonds. The minimum atomic E-state index is 0. The van der Waals surface area contributed by atoms with Crippen molar-refractivity contribution in [3.63, 3.8) is 0 Å². The van der Waals surface area contributed by atoms with Gasteiger partial charge in [-0.25, -0.2) is 4.98 Å². The molecule has 0 spiro atoms. The molecule has 1 N–H and O–H groups in total. The van der Waals surface area contributed by atoms with Crippen LogP contribution in [-0.4, -0.2) is 11.5 Å². The lowest BCUT2D eigenvalue weighted by atomic mass is 10.2. The van der Waals surface area contributed by atoms with E-state index in [4.69, 9.17) is 0 Å². The molecule has 2 nitrogen and oxygen atoms in total. The predicted octanol–water partition coefficient (Wildman–Crippen LogP) is -0.275. The summed E-state index contributed by atoms with van der Waals surface area (Å²) < 4.78 is 1.30. The molecular formula is C11H12ClN2S-. The van der Waals surface area contributed by atoms with Gasteiger partial charge in [-0.1, -0.05) is 12.1 Å². The van der Waals surface area contributed by atoms with Gasteiger partial charge in [-0.3, -0.25) is 0 Å². The van der Waals surface area contributed by atoms with E-state index in [1.807, 2.05) is 17.4 Å². The van der Waals surface area contributed by atoms with E-state index in [1.165, 1.54) is 22.5 Å². The fraction of sp³-hybridized carbons (Fsp3) is 0.364. The van der Waals surface area contributed by atoms with Gasteiger partial charge in [0.05, 0.1) is 16.3 Å². The Bertz CT molecular complexity index is 416. The van der Waals surface area contributed by atoms with Crippen LogP contribution in [0.2, 0.25) is 0 Å². The van der Waals surface area contributed by atoms with Crippen LogP contribution in [0.25, 0.3) is 10.2 Å². The molecule has 80 valence electrons. The molecular weight excluding hydrogens is 228 g/mol. The number of aromatic nitrogens is 1. The van der Waals surface area contributed by atoms with Crippen molar-refractivity contribution in [2.24, 2.45) is 0 Å². The average Bonchev–Trinajstić information content (AvgIpc) is 2.86. The van der Waals surface area contributed by atoms with Crippen LogP contribution < -0.4 is 17.7 Å². The summed E-state index contributed by atoms with van der Waals surface area (Å²) in [5, 5.41) is 4.74. The van der Waals surface area contributed by atoms with Gasteiger partial charge in [0.1, 0.15) is 5.01 Å². The maximum Gasteiger partial charge on any atom is 0.111 e. The first-order valence-corrected chi connectivity index (χ1v) is 5.84. The lowest BCUT2D eigenvalue weighted by molar-refractivity contribution is -0.00000279. The van der Waals surface area contributed by atoms with Gasteiger partial charge >= 0.3 is 0 Å². The SMILES string of the molecule is [Cl-].c1ccc2sc(C3CCCN3)nc2c1. The Kier molecular flexibility index (Phi) is 3.24. The van der Waals surface area contributed by atoms with E-state index in [0.717, 1.165) is 12.1 Å². The smallest absolute Gasteiger partial charge is 0.111 e. The van der Waals surface area contributed by atoms with Crippen LogP contribution in [0.15, 0.2) is 24.3 Å². The van der Waals surface area contributed by atoms with E-state index in [-0.39, 0.29) is 12.4 Å². The number of rotatable bonds is 1. The van der Waals surface area contributed by atoms with E-state index in [1.54, 1.807) is 0 Å². The zero-order valence-electron chi connectivity index (χ0n) is 8.24. The summed E-state index contributed by atoms with van der Waals surface area (Å²) in [6.07, 6.45) is 2.51. The lowest BCUT2D eigenvalue weighted by Crippen LogP contribution is -3.00. The Morgan fingerprint density at radius 2 is 2.20 bits per heavy atom. The number of thiazole rings is 1. The highest BCUT2D eigenvalue weighted by Gasteiger charge is 2.19. The van der Waals surface area contributed by atoms with Crippen LogP contribution in [0.1, 0.15) is 23.9 Å². The maximum absolute atomic E-state index is 4.65. The second-order valence-electron chi connectivity index (χ2n) is 3.67. The Morgan fingerprint density at radius 3 is 2.93 bits per heavy atom. The van der Waals surface area contributed by atoms with Crippen LogP contribution >= 0.6 is 11.3 Å². The van der Waals surface area contributed by atoms with E-state index in [2.05, 4.69) is 28.5 Å². The van der Waals surface area contributed by atoms with Crippen molar-refractivity contribution in [2.45, 2.75) is 18.9 Å². The standard InChI is InChI=1S/C11H12N2S.ClH/c1-2-6-10-8(4-1)13-11(14-10)9-5-3-7-12-9;/h1-2,4,6,9,12H,3,5,7H2;1H/p-1. The summed E-state index contributed by atoms with van der Waals surface area (Å²) in [6.45, 7) is 1.14. The van der Waals surface area contributed by atoms with Crippen molar-refractivity contribution in [3.8, 4) is 0 Å². The molecule has 2 heterocycles. The van der Waals surface area contributed by atoms with E-state index < -0.39 is 0 Å². The first-order valence-electron chi connectivity index (χ1n) is 5.02. The predicted molar refractivity (Wildman–Crippen MR) is 59.6 cm³/mol. The van der Waals surface area contributed by atoms with Crippen molar-refractivity contribution in [1.82, 2.24) is 10.3 Å². The number of hydrogen-bond acceptors (Lipinski definition) is 3. The highest BCUT2D eigenvalue weighted by atomic mass is 35.5. The minimum Gasteiger partial charge on any atom is -1.00 e. The van der Waals surface area contributed by atoms with Gasteiger partial charge in [0.25, 0.3) is 0 Å². The number of fused-ring (bicyclic) bond motifs is 1. The van der Waals surface area contributed by atoms with Gasteiger partial charge in [0, 0.05) is 0 Å². The number of nitrogens with one attached hydrogen (secondary N) is 1. The summed E-state index contributed by atoms with van der Waals surface area (Å²) in [4.78, 5) is 4.65. The Hall–Kier alpha value is -0.640. The van der Waals surface area contributed by atoms with Crippen LogP contribution in [0.5, 0.6) is 0 Å². The van der Waals surface area contributed by atoms with E-state index >= 15 is 0 Å². The van der Waals surface area contributed by atoms with Gasteiger partial charge in [0.2, 0.25) is 0 Å². The molecule has 1 aliphatic heterocycles. The summed E-state index contributed by atoms with van der Waals surface area (Å²) in [6, 6.07) is 8.86. The van der Waals surface area contributed by atoms with E-state index in [9.17, 15) is 0 Å². The van der Waals surface area contributed by atoms with Crippen molar-refractivity contribution >= 4 is 21.6 Å². The zero-order chi connectivity index (χ0) is 9.38. The molecule has 4 heteroatoms. The molecule has 0 radical (unpaired) electrons. The number of halogens is 1. The number of nitrogens with zero attached hydrogens (tertiary/aromatic N) is 1. The molecule has 0 aliphatic carbocycles. The Labute approximate surface area is 99.1 Å². The van der Waals surface area contributed by atoms with Crippen LogP contribution in [-0.2, 0) is 0 Å². The molecule has 0 saturated carbocycles. The van der Waals surface area contributed by atoms with Gasteiger partial charge in [-0.05, 0) is 31.5 Å². The molecule has 0 bridgehead atoms. The molecule has 3 rings (SSSR count). The second-order valence-corrected chi connectivity index (χ2v) is 4.73. The molecule has 1 aromatic heterocycles. The fourth-order valence-corrected chi connectivity index (χ4v) is 3.01. The van der Waals surface area contributed by atoms with Crippen molar-refractivity contribution in [3.05, 3.63) is 29.3 Å². The highest BCUT2D eigenvalue weighted by Crippen LogP contribution is 2.30. The van der Waals surface area contributed by atoms with Crippen molar-refractivity contribution in [1.29, 1.82) is 0 Å². The first kappa shape index (κ1) is 10.9. The van der Waals surface area contributed by atoms with Gasteiger partial charge < -0.3 is 17.7 Å². The fourth-order valence-electron chi connectivity index (χ4n) is 1.93. The van der Waals surface area contributed by atoms with Crippen molar-refractivity contribution < 1.29 is 12.4 Å². The third kappa shape index (κ3) is 2.00. The average molecular weight is 240 g/mol. The van der Waals surface area contributed by atoms with E-state index in [0.29, 0.717) is 6.04 Å². The summed E-state index contributed by atoms with van der Waals surface area (Å²) in [5.74, 6) is 0. The summed E-state index contributed by atoms with van der Waals surface area (Å²) in [7, 11) is 0. The summed E-state index contributed by atoms with van der Waals surface area (Å²) >= 11 is 1.82. The topological polar surface area (TPSA) is 24.9 Å². The van der Waals surface area contributed by atoms with Crippen molar-refractivity contribution in [2.75, 3.05) is 6.54 Å². The van der Waals surface area contributed by atoms with Crippen LogP contribution in [0.3, 0.4) is 0 Å². The minimum absolute atomic E-state index is 0. The molecule has 1 atom stereocenters. The molecule has 1 unspecified atom stereocenters. The van der Waals surface area contributed by atoms with Gasteiger partial charge in [-0.2, -0.15) is 0 Å². The quantitative estimate of drug-likeness (QED) is 0.741. The monoisotopic (exact) mass is 239 g/mol.